The van der Waals surface area contributed by atoms with Gasteiger partial charge in [-0.2, -0.15) is 0 Å². The van der Waals surface area contributed by atoms with Gasteiger partial charge in [0.2, 0.25) is 5.91 Å². The van der Waals surface area contributed by atoms with E-state index in [-0.39, 0.29) is 18.4 Å². The average molecular weight is 293 g/mol. The highest BCUT2D eigenvalue weighted by Gasteiger charge is 2.20. The van der Waals surface area contributed by atoms with Crippen molar-refractivity contribution in [3.8, 4) is 5.75 Å². The third-order valence-electron chi connectivity index (χ3n) is 3.21. The molecule has 0 aliphatic heterocycles. The van der Waals surface area contributed by atoms with Gasteiger partial charge in [0.05, 0.1) is 13.0 Å². The SMILES string of the molecule is CCN(C(=O)CCCOc1ccccc1)C(C)CC(=O)O. The van der Waals surface area contributed by atoms with E-state index in [1.807, 2.05) is 37.3 Å². The number of carboxylic acid groups (broad SMARTS) is 1. The molecular weight excluding hydrogens is 270 g/mol. The number of benzene rings is 1. The van der Waals surface area contributed by atoms with Crippen LogP contribution in [-0.2, 0) is 9.59 Å². The fraction of sp³-hybridized carbons (Fsp3) is 0.500. The number of hydrogen-bond donors (Lipinski definition) is 1. The molecule has 1 aromatic carbocycles. The summed E-state index contributed by atoms with van der Waals surface area (Å²) in [6.07, 6.45) is 0.953. The Morgan fingerprint density at radius 2 is 1.95 bits per heavy atom. The van der Waals surface area contributed by atoms with Gasteiger partial charge in [0.15, 0.2) is 0 Å². The molecular formula is C16H23NO4. The zero-order valence-corrected chi connectivity index (χ0v) is 12.6. The monoisotopic (exact) mass is 293 g/mol. The van der Waals surface area contributed by atoms with Gasteiger partial charge in [0.1, 0.15) is 5.75 Å². The molecule has 0 bridgehead atoms. The molecule has 1 rings (SSSR count). The minimum absolute atomic E-state index is 0.0251. The van der Waals surface area contributed by atoms with E-state index in [4.69, 9.17) is 9.84 Å². The maximum atomic E-state index is 12.1. The Kier molecular flexibility index (Phi) is 7.29. The van der Waals surface area contributed by atoms with Crippen molar-refractivity contribution in [2.45, 2.75) is 39.2 Å². The highest BCUT2D eigenvalue weighted by atomic mass is 16.5. The zero-order valence-electron chi connectivity index (χ0n) is 12.6. The number of aliphatic carboxylic acids is 1. The molecule has 21 heavy (non-hydrogen) atoms. The first-order valence-electron chi connectivity index (χ1n) is 7.23. The Hall–Kier alpha value is -2.04. The van der Waals surface area contributed by atoms with Gasteiger partial charge in [0.25, 0.3) is 0 Å². The first-order chi connectivity index (χ1) is 10.0. The molecule has 0 radical (unpaired) electrons. The number of rotatable bonds is 9. The van der Waals surface area contributed by atoms with Gasteiger partial charge in [0, 0.05) is 19.0 Å². The Labute approximate surface area is 125 Å². The fourth-order valence-corrected chi connectivity index (χ4v) is 2.17. The zero-order chi connectivity index (χ0) is 15.7. The van der Waals surface area contributed by atoms with Crippen molar-refractivity contribution in [3.05, 3.63) is 30.3 Å². The summed E-state index contributed by atoms with van der Waals surface area (Å²) in [6, 6.07) is 9.17. The quantitative estimate of drug-likeness (QED) is 0.711. The van der Waals surface area contributed by atoms with Crippen molar-refractivity contribution < 1.29 is 19.4 Å². The molecule has 5 nitrogen and oxygen atoms in total. The summed E-state index contributed by atoms with van der Waals surface area (Å²) >= 11 is 0. The number of ether oxygens (including phenoxy) is 1. The molecule has 0 aromatic heterocycles. The topological polar surface area (TPSA) is 66.8 Å². The predicted molar refractivity (Wildman–Crippen MR) is 80.3 cm³/mol. The summed E-state index contributed by atoms with van der Waals surface area (Å²) in [4.78, 5) is 24.4. The lowest BCUT2D eigenvalue weighted by molar-refractivity contribution is -0.140. The number of nitrogens with zero attached hydrogens (tertiary/aromatic N) is 1. The summed E-state index contributed by atoms with van der Waals surface area (Å²) < 4.78 is 5.53. The van der Waals surface area contributed by atoms with Crippen LogP contribution < -0.4 is 4.74 Å². The molecule has 116 valence electrons. The maximum absolute atomic E-state index is 12.1. The molecule has 0 aliphatic rings. The fourth-order valence-electron chi connectivity index (χ4n) is 2.17. The Morgan fingerprint density at radius 1 is 1.29 bits per heavy atom. The second kappa shape index (κ2) is 9.00. The molecule has 0 heterocycles. The van der Waals surface area contributed by atoms with Crippen LogP contribution in [0.15, 0.2) is 30.3 Å². The third kappa shape index (κ3) is 6.29. The molecule has 0 spiro atoms. The van der Waals surface area contributed by atoms with Crippen LogP contribution in [-0.4, -0.2) is 41.1 Å². The normalized spacial score (nSPS) is 11.7. The van der Waals surface area contributed by atoms with Crippen molar-refractivity contribution >= 4 is 11.9 Å². The number of carbonyl (C=O) groups excluding carboxylic acids is 1. The number of carbonyl (C=O) groups is 2. The summed E-state index contributed by atoms with van der Waals surface area (Å²) in [5.41, 5.74) is 0. The van der Waals surface area contributed by atoms with Crippen molar-refractivity contribution in [1.82, 2.24) is 4.90 Å². The second-order valence-corrected chi connectivity index (χ2v) is 4.89. The lowest BCUT2D eigenvalue weighted by Gasteiger charge is -2.27. The van der Waals surface area contributed by atoms with Crippen LogP contribution in [0.2, 0.25) is 0 Å². The van der Waals surface area contributed by atoms with Gasteiger partial charge in [-0.05, 0) is 32.4 Å². The van der Waals surface area contributed by atoms with Gasteiger partial charge < -0.3 is 14.7 Å². The van der Waals surface area contributed by atoms with Crippen molar-refractivity contribution in [2.75, 3.05) is 13.2 Å². The number of amides is 1. The van der Waals surface area contributed by atoms with Crippen molar-refractivity contribution in [1.29, 1.82) is 0 Å². The predicted octanol–water partition coefficient (Wildman–Crippen LogP) is 2.56. The first kappa shape index (κ1) is 17.0. The summed E-state index contributed by atoms with van der Waals surface area (Å²) in [6.45, 7) is 4.61. The molecule has 0 saturated carbocycles. The summed E-state index contributed by atoms with van der Waals surface area (Å²) in [7, 11) is 0. The average Bonchev–Trinajstić information content (AvgIpc) is 2.44. The third-order valence-corrected chi connectivity index (χ3v) is 3.21. The Bertz CT molecular complexity index is 447. The van der Waals surface area contributed by atoms with Crippen LogP contribution in [0.1, 0.15) is 33.1 Å². The van der Waals surface area contributed by atoms with Crippen LogP contribution in [0.25, 0.3) is 0 Å². The van der Waals surface area contributed by atoms with E-state index >= 15 is 0 Å². The van der Waals surface area contributed by atoms with E-state index in [1.165, 1.54) is 0 Å². The molecule has 1 atom stereocenters. The lowest BCUT2D eigenvalue weighted by Crippen LogP contribution is -2.39. The standard InChI is InChI=1S/C16H23NO4/c1-3-17(13(2)12-16(19)20)15(18)10-7-11-21-14-8-5-4-6-9-14/h4-6,8-9,13H,3,7,10-12H2,1-2H3,(H,19,20). The van der Waals surface area contributed by atoms with Crippen LogP contribution in [0, 0.1) is 0 Å². The molecule has 1 aromatic rings. The van der Waals surface area contributed by atoms with Gasteiger partial charge in [-0.25, -0.2) is 0 Å². The van der Waals surface area contributed by atoms with Gasteiger partial charge in [-0.3, -0.25) is 9.59 Å². The van der Waals surface area contributed by atoms with E-state index in [1.54, 1.807) is 11.8 Å². The first-order valence-corrected chi connectivity index (χ1v) is 7.23. The molecule has 5 heteroatoms. The van der Waals surface area contributed by atoms with Crippen molar-refractivity contribution in [2.24, 2.45) is 0 Å². The van der Waals surface area contributed by atoms with Crippen LogP contribution in [0.4, 0.5) is 0 Å². The van der Waals surface area contributed by atoms with Crippen LogP contribution >= 0.6 is 0 Å². The Morgan fingerprint density at radius 3 is 2.52 bits per heavy atom. The van der Waals surface area contributed by atoms with Gasteiger partial charge >= 0.3 is 5.97 Å². The highest BCUT2D eigenvalue weighted by Crippen LogP contribution is 2.10. The van der Waals surface area contributed by atoms with Crippen molar-refractivity contribution in [3.63, 3.8) is 0 Å². The minimum atomic E-state index is -0.888. The number of hydrogen-bond acceptors (Lipinski definition) is 3. The summed E-state index contributed by atoms with van der Waals surface area (Å²) in [5, 5.41) is 8.79. The van der Waals surface area contributed by atoms with E-state index in [9.17, 15) is 9.59 Å². The molecule has 1 amide bonds. The molecule has 0 aliphatic carbocycles. The molecule has 1 N–H and O–H groups in total. The highest BCUT2D eigenvalue weighted by molar-refractivity contribution is 5.77. The van der Waals surface area contributed by atoms with E-state index in [2.05, 4.69) is 0 Å². The van der Waals surface area contributed by atoms with E-state index in [0.717, 1.165) is 5.75 Å². The number of carboxylic acids is 1. The van der Waals surface area contributed by atoms with Gasteiger partial charge in [-0.1, -0.05) is 18.2 Å². The largest absolute Gasteiger partial charge is 0.494 e. The molecule has 0 fully saturated rings. The van der Waals surface area contributed by atoms with E-state index in [0.29, 0.717) is 26.0 Å². The smallest absolute Gasteiger partial charge is 0.305 e. The lowest BCUT2D eigenvalue weighted by atomic mass is 10.1. The summed E-state index contributed by atoms with van der Waals surface area (Å²) in [5.74, 6) is -0.124. The van der Waals surface area contributed by atoms with E-state index < -0.39 is 5.97 Å². The van der Waals surface area contributed by atoms with Crippen LogP contribution in [0.3, 0.4) is 0 Å². The minimum Gasteiger partial charge on any atom is -0.494 e. The maximum Gasteiger partial charge on any atom is 0.305 e. The second-order valence-electron chi connectivity index (χ2n) is 4.89. The van der Waals surface area contributed by atoms with Gasteiger partial charge in [-0.15, -0.1) is 0 Å². The Balaban J connectivity index is 2.32. The molecule has 1 unspecified atom stereocenters. The number of para-hydroxylation sites is 1. The van der Waals surface area contributed by atoms with Crippen LogP contribution in [0.5, 0.6) is 5.75 Å². The molecule has 0 saturated heterocycles.